The standard InChI is InChI=1S/C21H26FN5O2/c1-26-19(14-7-2-4-9-16(14)25-26)13-23-21(29)24-17-10-6-12-27(20(17)28)18-11-5-3-8-15(18)22/h3,5,8,11,17H,2,4,6-7,9-10,12-13H2,1H3,(H2,23,24,29). The third-order valence-electron chi connectivity index (χ3n) is 5.75. The van der Waals surface area contributed by atoms with Gasteiger partial charge in [-0.1, -0.05) is 12.1 Å². The first-order valence-corrected chi connectivity index (χ1v) is 10.2. The highest BCUT2D eigenvalue weighted by Crippen LogP contribution is 2.25. The molecule has 3 amide bonds. The molecule has 0 spiro atoms. The summed E-state index contributed by atoms with van der Waals surface area (Å²) in [7, 11) is 1.89. The van der Waals surface area contributed by atoms with Gasteiger partial charge in [0.05, 0.1) is 23.6 Å². The largest absolute Gasteiger partial charge is 0.332 e. The Labute approximate surface area is 169 Å². The molecule has 4 rings (SSSR count). The molecule has 2 N–H and O–H groups in total. The molecule has 1 unspecified atom stereocenters. The van der Waals surface area contributed by atoms with Crippen molar-refractivity contribution in [1.82, 2.24) is 20.4 Å². The highest BCUT2D eigenvalue weighted by molar-refractivity contribution is 5.99. The van der Waals surface area contributed by atoms with E-state index in [0.29, 0.717) is 25.9 Å². The first kappa shape index (κ1) is 19.4. The maximum atomic E-state index is 14.1. The fourth-order valence-corrected chi connectivity index (χ4v) is 4.26. The zero-order valence-electron chi connectivity index (χ0n) is 16.6. The maximum absolute atomic E-state index is 14.1. The van der Waals surface area contributed by atoms with E-state index in [9.17, 15) is 14.0 Å². The van der Waals surface area contributed by atoms with Crippen LogP contribution in [0, 0.1) is 5.82 Å². The summed E-state index contributed by atoms with van der Waals surface area (Å²) in [5.41, 5.74) is 3.63. The Bertz CT molecular complexity index is 926. The van der Waals surface area contributed by atoms with E-state index >= 15 is 0 Å². The van der Waals surface area contributed by atoms with E-state index in [0.717, 1.165) is 37.1 Å². The second kappa shape index (κ2) is 8.23. The third-order valence-corrected chi connectivity index (χ3v) is 5.75. The van der Waals surface area contributed by atoms with Crippen molar-refractivity contribution in [3.8, 4) is 0 Å². The third kappa shape index (κ3) is 3.97. The summed E-state index contributed by atoms with van der Waals surface area (Å²) in [4.78, 5) is 26.7. The van der Waals surface area contributed by atoms with E-state index in [1.807, 2.05) is 11.7 Å². The van der Waals surface area contributed by atoms with E-state index in [4.69, 9.17) is 0 Å². The second-order valence-electron chi connectivity index (χ2n) is 7.67. The summed E-state index contributed by atoms with van der Waals surface area (Å²) in [6, 6.07) is 5.15. The number of para-hydroxylation sites is 1. The number of urea groups is 1. The summed E-state index contributed by atoms with van der Waals surface area (Å²) in [6.07, 6.45) is 5.50. The number of hydrogen-bond donors (Lipinski definition) is 2. The average molecular weight is 399 g/mol. The van der Waals surface area contributed by atoms with Crippen LogP contribution in [-0.4, -0.2) is 34.3 Å². The maximum Gasteiger partial charge on any atom is 0.315 e. The number of aromatic nitrogens is 2. The lowest BCUT2D eigenvalue weighted by molar-refractivity contribution is -0.121. The van der Waals surface area contributed by atoms with Gasteiger partial charge in [0.15, 0.2) is 0 Å². The number of aryl methyl sites for hydroxylation is 2. The number of fused-ring (bicyclic) bond motifs is 1. The van der Waals surface area contributed by atoms with E-state index in [1.165, 1.54) is 16.5 Å². The molecule has 2 aliphatic rings. The van der Waals surface area contributed by atoms with Gasteiger partial charge in [-0.3, -0.25) is 9.48 Å². The number of amides is 3. The molecule has 1 aromatic carbocycles. The number of carbonyl (C=O) groups is 2. The van der Waals surface area contributed by atoms with Crippen molar-refractivity contribution in [2.45, 2.75) is 51.1 Å². The van der Waals surface area contributed by atoms with Gasteiger partial charge in [-0.2, -0.15) is 5.10 Å². The molecule has 2 heterocycles. The van der Waals surface area contributed by atoms with Crippen LogP contribution in [0.15, 0.2) is 24.3 Å². The van der Waals surface area contributed by atoms with E-state index in [1.54, 1.807) is 18.2 Å². The zero-order valence-corrected chi connectivity index (χ0v) is 16.6. The van der Waals surface area contributed by atoms with Crippen LogP contribution < -0.4 is 15.5 Å². The molecule has 8 heteroatoms. The van der Waals surface area contributed by atoms with E-state index < -0.39 is 17.9 Å². The topological polar surface area (TPSA) is 79.3 Å². The molecule has 0 bridgehead atoms. The van der Waals surface area contributed by atoms with Crippen molar-refractivity contribution in [3.05, 3.63) is 47.0 Å². The Balaban J connectivity index is 1.38. The normalized spacial score (nSPS) is 19.0. The van der Waals surface area contributed by atoms with Gasteiger partial charge in [0.1, 0.15) is 11.9 Å². The molecule has 0 radical (unpaired) electrons. The molecule has 1 saturated heterocycles. The first-order chi connectivity index (χ1) is 14.0. The molecule has 0 saturated carbocycles. The van der Waals surface area contributed by atoms with Gasteiger partial charge in [-0.05, 0) is 56.2 Å². The van der Waals surface area contributed by atoms with Crippen LogP contribution in [0.3, 0.4) is 0 Å². The Morgan fingerprint density at radius 3 is 2.86 bits per heavy atom. The fraction of sp³-hybridized carbons (Fsp3) is 0.476. The lowest BCUT2D eigenvalue weighted by Gasteiger charge is -2.32. The van der Waals surface area contributed by atoms with Gasteiger partial charge in [0.2, 0.25) is 5.91 Å². The predicted octanol–water partition coefficient (Wildman–Crippen LogP) is 2.43. The molecular weight excluding hydrogens is 373 g/mol. The molecule has 1 aliphatic carbocycles. The number of carbonyl (C=O) groups excluding carboxylic acids is 2. The van der Waals surface area contributed by atoms with Crippen LogP contribution >= 0.6 is 0 Å². The van der Waals surface area contributed by atoms with Gasteiger partial charge >= 0.3 is 6.03 Å². The number of piperidine rings is 1. The summed E-state index contributed by atoms with van der Waals surface area (Å²) in [5.74, 6) is -0.721. The molecule has 1 atom stereocenters. The smallest absolute Gasteiger partial charge is 0.315 e. The molecule has 1 aliphatic heterocycles. The number of halogens is 1. The number of nitrogens with one attached hydrogen (secondary N) is 2. The average Bonchev–Trinajstić information content (AvgIpc) is 3.04. The van der Waals surface area contributed by atoms with E-state index in [2.05, 4.69) is 15.7 Å². The molecular formula is C21H26FN5O2. The quantitative estimate of drug-likeness (QED) is 0.829. The van der Waals surface area contributed by atoms with Crippen LogP contribution in [0.2, 0.25) is 0 Å². The van der Waals surface area contributed by atoms with Gasteiger partial charge in [0.25, 0.3) is 0 Å². The minimum absolute atomic E-state index is 0.255. The highest BCUT2D eigenvalue weighted by atomic mass is 19.1. The number of hydrogen-bond acceptors (Lipinski definition) is 3. The Morgan fingerprint density at radius 2 is 2.03 bits per heavy atom. The van der Waals surface area contributed by atoms with Gasteiger partial charge < -0.3 is 15.5 Å². The lowest BCUT2D eigenvalue weighted by Crippen LogP contribution is -2.54. The molecule has 1 fully saturated rings. The summed E-state index contributed by atoms with van der Waals surface area (Å²) in [5, 5.41) is 10.2. The second-order valence-corrected chi connectivity index (χ2v) is 7.67. The van der Waals surface area contributed by atoms with Gasteiger partial charge in [-0.25, -0.2) is 9.18 Å². The Morgan fingerprint density at radius 1 is 1.24 bits per heavy atom. The minimum Gasteiger partial charge on any atom is -0.332 e. The first-order valence-electron chi connectivity index (χ1n) is 10.2. The number of nitrogens with zero attached hydrogens (tertiary/aromatic N) is 3. The molecule has 7 nitrogen and oxygen atoms in total. The van der Waals surface area contributed by atoms with Crippen LogP contribution in [0.25, 0.3) is 0 Å². The van der Waals surface area contributed by atoms with Crippen LogP contribution in [0.4, 0.5) is 14.9 Å². The Hall–Kier alpha value is -2.90. The van der Waals surface area contributed by atoms with Crippen molar-refractivity contribution in [1.29, 1.82) is 0 Å². The van der Waals surface area contributed by atoms with Crippen molar-refractivity contribution in [2.75, 3.05) is 11.4 Å². The molecule has 29 heavy (non-hydrogen) atoms. The van der Waals surface area contributed by atoms with Crippen LogP contribution in [0.5, 0.6) is 0 Å². The number of benzene rings is 1. The van der Waals surface area contributed by atoms with Crippen molar-refractivity contribution >= 4 is 17.6 Å². The van der Waals surface area contributed by atoms with E-state index in [-0.39, 0.29) is 11.6 Å². The highest BCUT2D eigenvalue weighted by Gasteiger charge is 2.32. The zero-order chi connectivity index (χ0) is 20.4. The summed E-state index contributed by atoms with van der Waals surface area (Å²) >= 11 is 0. The number of anilines is 1. The molecule has 154 valence electrons. The van der Waals surface area contributed by atoms with Crippen molar-refractivity contribution in [2.24, 2.45) is 7.05 Å². The lowest BCUT2D eigenvalue weighted by atomic mass is 9.96. The Kier molecular flexibility index (Phi) is 5.51. The predicted molar refractivity (Wildman–Crippen MR) is 107 cm³/mol. The number of rotatable bonds is 4. The van der Waals surface area contributed by atoms with Crippen molar-refractivity contribution in [3.63, 3.8) is 0 Å². The summed E-state index contributed by atoms with van der Waals surface area (Å²) in [6.45, 7) is 0.809. The van der Waals surface area contributed by atoms with Crippen molar-refractivity contribution < 1.29 is 14.0 Å². The van der Waals surface area contributed by atoms with Gasteiger partial charge in [0, 0.05) is 13.6 Å². The van der Waals surface area contributed by atoms with Gasteiger partial charge in [-0.15, -0.1) is 0 Å². The SMILES string of the molecule is Cn1nc2c(c1CNC(=O)NC1CCCN(c3ccccc3F)C1=O)CCCC2. The summed E-state index contributed by atoms with van der Waals surface area (Å²) < 4.78 is 15.9. The molecule has 1 aromatic heterocycles. The molecule has 2 aromatic rings. The van der Waals surface area contributed by atoms with Crippen LogP contribution in [-0.2, 0) is 31.2 Å². The minimum atomic E-state index is -0.663. The van der Waals surface area contributed by atoms with Crippen LogP contribution in [0.1, 0.15) is 42.6 Å². The fourth-order valence-electron chi connectivity index (χ4n) is 4.26. The monoisotopic (exact) mass is 399 g/mol.